The number of fused-ring (bicyclic) bond motifs is 1. The number of benzene rings is 2. The van der Waals surface area contributed by atoms with Crippen LogP contribution in [-0.4, -0.2) is 22.8 Å². The summed E-state index contributed by atoms with van der Waals surface area (Å²) < 4.78 is 7.67. The van der Waals surface area contributed by atoms with E-state index in [1.807, 2.05) is 43.3 Å². The van der Waals surface area contributed by atoms with Crippen molar-refractivity contribution in [1.29, 1.82) is 0 Å². The van der Waals surface area contributed by atoms with Gasteiger partial charge < -0.3 is 14.4 Å². The Morgan fingerprint density at radius 3 is 2.56 bits per heavy atom. The smallest absolute Gasteiger partial charge is 0.303 e. The number of aromatic nitrogens is 1. The number of carboxylic acids is 1. The topological polar surface area (TPSA) is 51.5 Å². The SMILES string of the molecule is COc1ccc2c(c1)c(C)c(CC(C)CC(=O)O)n2Cc1ccc(Cl)cc1. The minimum absolute atomic E-state index is 0.0522. The van der Waals surface area contributed by atoms with E-state index < -0.39 is 5.97 Å². The third kappa shape index (κ3) is 4.28. The fraction of sp³-hybridized carbons (Fsp3) is 0.318. The molecule has 5 heteroatoms. The first kappa shape index (κ1) is 19.3. The fourth-order valence-electron chi connectivity index (χ4n) is 3.60. The first-order valence-corrected chi connectivity index (χ1v) is 9.38. The van der Waals surface area contributed by atoms with Crippen LogP contribution in [0.2, 0.25) is 5.02 Å². The number of ether oxygens (including phenoxy) is 1. The van der Waals surface area contributed by atoms with Gasteiger partial charge in [-0.05, 0) is 60.7 Å². The van der Waals surface area contributed by atoms with E-state index in [2.05, 4.69) is 17.6 Å². The average Bonchev–Trinajstić information content (AvgIpc) is 2.88. The third-order valence-electron chi connectivity index (χ3n) is 4.98. The molecule has 4 nitrogen and oxygen atoms in total. The number of aryl methyl sites for hydroxylation is 1. The molecule has 3 rings (SSSR count). The predicted octanol–water partition coefficient (Wildman–Crippen LogP) is 5.31. The second-order valence-corrected chi connectivity index (χ2v) is 7.51. The normalized spacial score (nSPS) is 12.3. The summed E-state index contributed by atoms with van der Waals surface area (Å²) in [5.74, 6) is 0.109. The summed E-state index contributed by atoms with van der Waals surface area (Å²) in [4.78, 5) is 11.1. The highest BCUT2D eigenvalue weighted by molar-refractivity contribution is 6.30. The molecular weight excluding hydrogens is 362 g/mol. The number of hydrogen-bond donors (Lipinski definition) is 1. The summed E-state index contributed by atoms with van der Waals surface area (Å²) in [5, 5.41) is 11.0. The zero-order valence-electron chi connectivity index (χ0n) is 15.8. The molecule has 3 aromatic rings. The molecule has 1 atom stereocenters. The van der Waals surface area contributed by atoms with Crippen molar-refractivity contribution in [2.45, 2.75) is 33.2 Å². The Balaban J connectivity index is 2.07. The average molecular weight is 386 g/mol. The summed E-state index contributed by atoms with van der Waals surface area (Å²) in [7, 11) is 1.66. The van der Waals surface area contributed by atoms with Crippen molar-refractivity contribution >= 4 is 28.5 Å². The third-order valence-corrected chi connectivity index (χ3v) is 5.23. The summed E-state index contributed by atoms with van der Waals surface area (Å²) in [5.41, 5.74) is 4.62. The lowest BCUT2D eigenvalue weighted by Gasteiger charge is -2.15. The van der Waals surface area contributed by atoms with Gasteiger partial charge in [0.2, 0.25) is 0 Å². The van der Waals surface area contributed by atoms with E-state index in [0.29, 0.717) is 18.0 Å². The number of nitrogens with zero attached hydrogens (tertiary/aromatic N) is 1. The molecule has 142 valence electrons. The monoisotopic (exact) mass is 385 g/mol. The molecule has 0 aliphatic rings. The van der Waals surface area contributed by atoms with Gasteiger partial charge >= 0.3 is 5.97 Å². The molecule has 0 radical (unpaired) electrons. The molecule has 0 saturated heterocycles. The van der Waals surface area contributed by atoms with Crippen LogP contribution in [0.4, 0.5) is 0 Å². The number of carboxylic acid groups (broad SMARTS) is 1. The minimum Gasteiger partial charge on any atom is -0.497 e. The highest BCUT2D eigenvalue weighted by Crippen LogP contribution is 2.31. The quantitative estimate of drug-likeness (QED) is 0.599. The highest BCUT2D eigenvalue weighted by atomic mass is 35.5. The van der Waals surface area contributed by atoms with Crippen molar-refractivity contribution in [2.75, 3.05) is 7.11 Å². The Morgan fingerprint density at radius 2 is 1.93 bits per heavy atom. The van der Waals surface area contributed by atoms with Gasteiger partial charge in [-0.25, -0.2) is 0 Å². The van der Waals surface area contributed by atoms with Gasteiger partial charge in [0.25, 0.3) is 0 Å². The Bertz CT molecular complexity index is 960. The molecule has 1 aromatic heterocycles. The molecule has 2 aromatic carbocycles. The van der Waals surface area contributed by atoms with Crippen LogP contribution in [0.3, 0.4) is 0 Å². The molecule has 1 heterocycles. The lowest BCUT2D eigenvalue weighted by Crippen LogP contribution is -2.12. The lowest BCUT2D eigenvalue weighted by atomic mass is 9.99. The molecule has 0 saturated carbocycles. The number of hydrogen-bond acceptors (Lipinski definition) is 2. The van der Waals surface area contributed by atoms with Crippen molar-refractivity contribution in [3.63, 3.8) is 0 Å². The van der Waals surface area contributed by atoms with Crippen LogP contribution in [0.5, 0.6) is 5.75 Å². The van der Waals surface area contributed by atoms with Crippen molar-refractivity contribution in [1.82, 2.24) is 4.57 Å². The van der Waals surface area contributed by atoms with Crippen molar-refractivity contribution < 1.29 is 14.6 Å². The first-order chi connectivity index (χ1) is 12.9. The summed E-state index contributed by atoms with van der Waals surface area (Å²) >= 11 is 6.02. The first-order valence-electron chi connectivity index (χ1n) is 9.01. The van der Waals surface area contributed by atoms with E-state index in [1.54, 1.807) is 7.11 Å². The largest absolute Gasteiger partial charge is 0.497 e. The number of halogens is 1. The van der Waals surface area contributed by atoms with Crippen LogP contribution in [0.1, 0.15) is 30.2 Å². The van der Waals surface area contributed by atoms with Crippen LogP contribution < -0.4 is 4.74 Å². The van der Waals surface area contributed by atoms with E-state index in [9.17, 15) is 4.79 Å². The van der Waals surface area contributed by atoms with E-state index in [0.717, 1.165) is 22.2 Å². The van der Waals surface area contributed by atoms with Gasteiger partial charge in [-0.2, -0.15) is 0 Å². The van der Waals surface area contributed by atoms with Gasteiger partial charge in [-0.1, -0.05) is 30.7 Å². The van der Waals surface area contributed by atoms with Gasteiger partial charge in [-0.3, -0.25) is 4.79 Å². The molecule has 0 aliphatic heterocycles. The summed E-state index contributed by atoms with van der Waals surface area (Å²) in [6, 6.07) is 13.9. The number of carbonyl (C=O) groups is 1. The number of rotatable bonds is 7. The summed E-state index contributed by atoms with van der Waals surface area (Å²) in [6.45, 7) is 4.80. The van der Waals surface area contributed by atoms with Crippen LogP contribution in [-0.2, 0) is 17.8 Å². The zero-order valence-corrected chi connectivity index (χ0v) is 16.6. The Labute approximate surface area is 164 Å². The Kier molecular flexibility index (Phi) is 5.76. The van der Waals surface area contributed by atoms with Gasteiger partial charge in [0.1, 0.15) is 5.75 Å². The summed E-state index contributed by atoms with van der Waals surface area (Å²) in [6.07, 6.45) is 0.869. The molecule has 0 bridgehead atoms. The van der Waals surface area contributed by atoms with Crippen LogP contribution >= 0.6 is 11.6 Å². The van der Waals surface area contributed by atoms with Crippen molar-refractivity contribution in [3.8, 4) is 5.75 Å². The highest BCUT2D eigenvalue weighted by Gasteiger charge is 2.18. The second-order valence-electron chi connectivity index (χ2n) is 7.07. The van der Waals surface area contributed by atoms with Gasteiger partial charge in [0.15, 0.2) is 0 Å². The molecule has 0 spiro atoms. The maximum Gasteiger partial charge on any atom is 0.303 e. The molecule has 0 aliphatic carbocycles. The fourth-order valence-corrected chi connectivity index (χ4v) is 3.72. The second kappa shape index (κ2) is 8.05. The standard InChI is InChI=1S/C22H24ClNO3/c1-14(11-22(25)26)10-21-15(2)19-12-18(27-3)8-9-20(19)24(21)13-16-4-6-17(23)7-5-16/h4-9,12,14H,10-11,13H2,1-3H3,(H,25,26). The van der Waals surface area contributed by atoms with E-state index in [4.69, 9.17) is 21.4 Å². The maximum absolute atomic E-state index is 11.1. The molecular formula is C22H24ClNO3. The zero-order chi connectivity index (χ0) is 19.6. The lowest BCUT2D eigenvalue weighted by molar-refractivity contribution is -0.137. The molecule has 1 unspecified atom stereocenters. The van der Waals surface area contributed by atoms with Crippen molar-refractivity contribution in [2.24, 2.45) is 5.92 Å². The maximum atomic E-state index is 11.1. The van der Waals surface area contributed by atoms with E-state index >= 15 is 0 Å². The molecule has 1 N–H and O–H groups in total. The molecule has 0 amide bonds. The van der Waals surface area contributed by atoms with Crippen LogP contribution in [0, 0.1) is 12.8 Å². The number of methoxy groups -OCH3 is 1. The number of aliphatic carboxylic acids is 1. The van der Waals surface area contributed by atoms with E-state index in [-0.39, 0.29) is 12.3 Å². The van der Waals surface area contributed by atoms with Gasteiger partial charge in [-0.15, -0.1) is 0 Å². The van der Waals surface area contributed by atoms with Gasteiger partial charge in [0.05, 0.1) is 7.11 Å². The van der Waals surface area contributed by atoms with E-state index in [1.165, 1.54) is 11.3 Å². The minimum atomic E-state index is -0.762. The Morgan fingerprint density at radius 1 is 1.22 bits per heavy atom. The molecule has 0 fully saturated rings. The van der Waals surface area contributed by atoms with Gasteiger partial charge in [0, 0.05) is 34.6 Å². The van der Waals surface area contributed by atoms with Crippen molar-refractivity contribution in [3.05, 3.63) is 64.3 Å². The van der Waals surface area contributed by atoms with Crippen LogP contribution in [0.15, 0.2) is 42.5 Å². The Hall–Kier alpha value is -2.46. The molecule has 27 heavy (non-hydrogen) atoms. The van der Waals surface area contributed by atoms with Crippen LogP contribution in [0.25, 0.3) is 10.9 Å². The predicted molar refractivity (Wildman–Crippen MR) is 109 cm³/mol.